The zero-order chi connectivity index (χ0) is 42.6. The van der Waals surface area contributed by atoms with E-state index in [1.54, 1.807) is 24.8 Å². The summed E-state index contributed by atoms with van der Waals surface area (Å²) < 4.78 is 4.76. The van der Waals surface area contributed by atoms with Gasteiger partial charge in [-0.1, -0.05) is 98.4 Å². The minimum absolute atomic E-state index is 0. The molecule has 0 aliphatic carbocycles. The average molecular weight is 834 g/mol. The molecule has 7 nitrogen and oxygen atoms in total. The third-order valence-corrected chi connectivity index (χ3v) is 12.3. The number of pyridine rings is 4. The molecular formula is C58H39N7. The number of nitrogens with zero attached hydrogens (tertiary/aromatic N) is 7. The van der Waals surface area contributed by atoms with Gasteiger partial charge in [-0.3, -0.25) is 19.9 Å². The highest BCUT2D eigenvalue weighted by Gasteiger charge is 2.29. The van der Waals surface area contributed by atoms with Crippen molar-refractivity contribution in [1.82, 2.24) is 29.1 Å². The highest BCUT2D eigenvalue weighted by molar-refractivity contribution is 6.29. The first-order valence-electron chi connectivity index (χ1n) is 21.2. The zero-order valence-electron chi connectivity index (χ0n) is 34.3. The van der Waals surface area contributed by atoms with E-state index in [9.17, 15) is 5.26 Å². The number of nitriles is 1. The molecule has 12 rings (SSSR count). The van der Waals surface area contributed by atoms with Crippen LogP contribution in [0.3, 0.4) is 0 Å². The molecule has 0 saturated carbocycles. The third-order valence-electron chi connectivity index (χ3n) is 12.3. The maximum absolute atomic E-state index is 11.3. The van der Waals surface area contributed by atoms with E-state index >= 15 is 0 Å². The molecule has 0 fully saturated rings. The first-order chi connectivity index (χ1) is 31.8. The van der Waals surface area contributed by atoms with Crippen molar-refractivity contribution in [2.75, 3.05) is 0 Å². The van der Waals surface area contributed by atoms with Crippen LogP contribution in [0.5, 0.6) is 0 Å². The summed E-state index contributed by atoms with van der Waals surface area (Å²) >= 11 is 0. The van der Waals surface area contributed by atoms with E-state index in [0.717, 1.165) is 78.0 Å². The van der Waals surface area contributed by atoms with Gasteiger partial charge in [0.25, 0.3) is 0 Å². The van der Waals surface area contributed by atoms with Crippen LogP contribution in [-0.2, 0) is 0 Å². The smallest absolute Gasteiger partial charge is 0.100 e. The van der Waals surface area contributed by atoms with E-state index in [0.29, 0.717) is 5.56 Å². The van der Waals surface area contributed by atoms with Crippen molar-refractivity contribution in [2.24, 2.45) is 0 Å². The Morgan fingerprint density at radius 2 is 0.723 bits per heavy atom. The fourth-order valence-corrected chi connectivity index (χ4v) is 9.78. The summed E-state index contributed by atoms with van der Waals surface area (Å²) in [6.07, 6.45) is 14.5. The minimum atomic E-state index is 0. The Labute approximate surface area is 375 Å². The number of fused-ring (bicyclic) bond motifs is 7. The summed E-state index contributed by atoms with van der Waals surface area (Å²) in [7, 11) is 0. The molecule has 7 heteroatoms. The molecule has 12 aromatic rings. The summed E-state index contributed by atoms with van der Waals surface area (Å²) in [5.41, 5.74) is 15.9. The highest BCUT2D eigenvalue weighted by atomic mass is 15.0. The van der Waals surface area contributed by atoms with E-state index in [4.69, 9.17) is 0 Å². The largest absolute Gasteiger partial charge is 0.309 e. The van der Waals surface area contributed by atoms with Crippen molar-refractivity contribution in [3.8, 4) is 73.1 Å². The topological polar surface area (TPSA) is 85.2 Å². The van der Waals surface area contributed by atoms with Gasteiger partial charge in [0.15, 0.2) is 0 Å². The predicted octanol–water partition coefficient (Wildman–Crippen LogP) is 14.3. The van der Waals surface area contributed by atoms with Crippen molar-refractivity contribution in [3.05, 3.63) is 219 Å². The molecule has 0 N–H and O–H groups in total. The van der Waals surface area contributed by atoms with Gasteiger partial charge in [0, 0.05) is 127 Å². The first kappa shape index (κ1) is 38.9. The van der Waals surface area contributed by atoms with E-state index in [1.165, 1.54) is 32.6 Å². The lowest BCUT2D eigenvalue weighted by atomic mass is 9.76. The number of para-hydroxylation sites is 3. The van der Waals surface area contributed by atoms with Crippen LogP contribution in [-0.4, -0.2) is 29.1 Å². The van der Waals surface area contributed by atoms with Crippen molar-refractivity contribution in [1.29, 1.82) is 5.26 Å². The maximum Gasteiger partial charge on any atom is 0.100 e. The van der Waals surface area contributed by atoms with Gasteiger partial charge in [0.05, 0.1) is 27.6 Å². The van der Waals surface area contributed by atoms with Gasteiger partial charge in [-0.05, 0) is 83.9 Å². The van der Waals surface area contributed by atoms with Gasteiger partial charge in [-0.25, -0.2) is 0 Å². The number of hydrogen-bond acceptors (Lipinski definition) is 5. The Morgan fingerprint density at radius 1 is 0.338 bits per heavy atom. The van der Waals surface area contributed by atoms with Crippen LogP contribution in [0.25, 0.3) is 111 Å². The monoisotopic (exact) mass is 833 g/mol. The molecule has 0 unspecified atom stereocenters. The first-order valence-corrected chi connectivity index (χ1v) is 21.2. The summed E-state index contributed by atoms with van der Waals surface area (Å²) in [6, 6.07) is 59.9. The van der Waals surface area contributed by atoms with Gasteiger partial charge in [0.1, 0.15) is 6.07 Å². The average Bonchev–Trinajstić information content (AvgIpc) is 3.90. The molecule has 0 saturated heterocycles. The standard InChI is InChI=1S/C57H35N7.CH4/c58-32-46-51(38-12-8-28-59-33-38)54(40-14-10-30-61-35-40)53(55(41-15-11-31-62-36-41)52(46)39-13-9-29-60-34-39)37-22-24-43(25-23-37)64-48-21-7-5-19-45(48)57-50(64)27-26-49-56(57)44-18-4-6-20-47(44)63(49)42-16-2-1-3-17-42;/h1-31,33-36H;1H4. The maximum atomic E-state index is 11.3. The quantitative estimate of drug-likeness (QED) is 0.160. The second-order valence-electron chi connectivity index (χ2n) is 15.8. The van der Waals surface area contributed by atoms with Gasteiger partial charge < -0.3 is 9.13 Å². The van der Waals surface area contributed by atoms with Crippen molar-refractivity contribution >= 4 is 43.6 Å². The Hall–Kier alpha value is -8.99. The molecule has 0 amide bonds. The summed E-state index contributed by atoms with van der Waals surface area (Å²) in [6.45, 7) is 0. The van der Waals surface area contributed by atoms with Crippen LogP contribution in [0, 0.1) is 11.3 Å². The van der Waals surface area contributed by atoms with Crippen LogP contribution in [0.4, 0.5) is 0 Å². The number of rotatable bonds is 7. The van der Waals surface area contributed by atoms with Crippen LogP contribution in [0.1, 0.15) is 13.0 Å². The fourth-order valence-electron chi connectivity index (χ4n) is 9.78. The molecule has 0 atom stereocenters. The molecular weight excluding hydrogens is 795 g/mol. The molecule has 65 heavy (non-hydrogen) atoms. The minimum Gasteiger partial charge on any atom is -0.309 e. The second kappa shape index (κ2) is 16.0. The molecule has 6 aromatic heterocycles. The summed E-state index contributed by atoms with van der Waals surface area (Å²) in [4.78, 5) is 18.3. The van der Waals surface area contributed by atoms with Crippen LogP contribution < -0.4 is 0 Å². The van der Waals surface area contributed by atoms with E-state index < -0.39 is 0 Å². The Bertz CT molecular complexity index is 3640. The predicted molar refractivity (Wildman–Crippen MR) is 265 cm³/mol. The van der Waals surface area contributed by atoms with E-state index in [2.05, 4.69) is 163 Å². The van der Waals surface area contributed by atoms with Crippen LogP contribution in [0.15, 0.2) is 213 Å². The molecule has 0 spiro atoms. The van der Waals surface area contributed by atoms with Crippen molar-refractivity contribution in [3.63, 3.8) is 0 Å². The van der Waals surface area contributed by atoms with E-state index in [-0.39, 0.29) is 7.43 Å². The molecule has 306 valence electrons. The number of hydrogen-bond donors (Lipinski definition) is 0. The van der Waals surface area contributed by atoms with Gasteiger partial charge in [-0.2, -0.15) is 5.26 Å². The molecule has 0 aliphatic heterocycles. The van der Waals surface area contributed by atoms with Crippen LogP contribution in [0.2, 0.25) is 0 Å². The molecule has 0 radical (unpaired) electrons. The lowest BCUT2D eigenvalue weighted by Gasteiger charge is -2.25. The lowest BCUT2D eigenvalue weighted by molar-refractivity contribution is 1.17. The number of benzene rings is 6. The van der Waals surface area contributed by atoms with Crippen LogP contribution >= 0.6 is 0 Å². The number of aromatic nitrogens is 6. The third kappa shape index (κ3) is 6.19. The van der Waals surface area contributed by atoms with Gasteiger partial charge >= 0.3 is 0 Å². The zero-order valence-corrected chi connectivity index (χ0v) is 34.3. The second-order valence-corrected chi connectivity index (χ2v) is 15.8. The normalized spacial score (nSPS) is 11.2. The Balaban J connectivity index is 0.00000469. The van der Waals surface area contributed by atoms with Gasteiger partial charge in [-0.15, -0.1) is 0 Å². The molecule has 6 aromatic carbocycles. The Kier molecular flexibility index (Phi) is 9.60. The van der Waals surface area contributed by atoms with E-state index in [1.807, 2.05) is 61.2 Å². The fraction of sp³-hybridized carbons (Fsp3) is 0.0172. The summed E-state index contributed by atoms with van der Waals surface area (Å²) in [5.74, 6) is 0. The molecule has 0 aliphatic rings. The highest BCUT2D eigenvalue weighted by Crippen LogP contribution is 2.52. The van der Waals surface area contributed by atoms with Gasteiger partial charge in [0.2, 0.25) is 0 Å². The Morgan fingerprint density at radius 3 is 1.14 bits per heavy atom. The summed E-state index contributed by atoms with van der Waals surface area (Å²) in [5, 5.41) is 16.2. The van der Waals surface area contributed by atoms with Crippen molar-refractivity contribution < 1.29 is 0 Å². The SMILES string of the molecule is C.N#Cc1c(-c2cccnc2)c(-c2cccnc2)c(-c2ccc(-n3c4ccccc4c4c5c6ccccc6n(-c6ccccc6)c5ccc43)cc2)c(-c2cccnc2)c1-c1cccnc1. The van der Waals surface area contributed by atoms with Crippen molar-refractivity contribution in [2.45, 2.75) is 7.43 Å². The molecule has 0 bridgehead atoms. The molecule has 6 heterocycles. The lowest BCUT2D eigenvalue weighted by Crippen LogP contribution is -2.03.